The summed E-state index contributed by atoms with van der Waals surface area (Å²) in [4.78, 5) is 26.8. The van der Waals surface area contributed by atoms with Crippen LogP contribution in [0.15, 0.2) is 65.7 Å². The highest BCUT2D eigenvalue weighted by Crippen LogP contribution is 2.27. The Hall–Kier alpha value is -3.78. The van der Waals surface area contributed by atoms with E-state index in [-0.39, 0.29) is 18.3 Å². The number of ether oxygens (including phenoxy) is 3. The van der Waals surface area contributed by atoms with Crippen LogP contribution in [-0.2, 0) is 4.79 Å². The van der Waals surface area contributed by atoms with Crippen LogP contribution in [0, 0.1) is 6.92 Å². The zero-order valence-electron chi connectivity index (χ0n) is 19.6. The van der Waals surface area contributed by atoms with Crippen LogP contribution in [0.25, 0.3) is 6.08 Å². The minimum atomic E-state index is -0.442. The summed E-state index contributed by atoms with van der Waals surface area (Å²) in [6, 6.07) is 15.9. The lowest BCUT2D eigenvalue weighted by atomic mass is 10.1. The molecule has 0 saturated heterocycles. The molecule has 34 heavy (non-hydrogen) atoms. The fraction of sp³-hybridized carbons (Fsp3) is 0.231. The summed E-state index contributed by atoms with van der Waals surface area (Å²) in [7, 11) is 3.02. The van der Waals surface area contributed by atoms with Gasteiger partial charge in [0.1, 0.15) is 18.1 Å². The lowest BCUT2D eigenvalue weighted by molar-refractivity contribution is -0.118. The van der Waals surface area contributed by atoms with Gasteiger partial charge in [0.25, 0.3) is 11.8 Å². The van der Waals surface area contributed by atoms with E-state index in [9.17, 15) is 9.59 Å². The zero-order chi connectivity index (χ0) is 24.5. The molecular formula is C26H28N2O5S. The summed E-state index contributed by atoms with van der Waals surface area (Å²) in [5, 5.41) is 7.51. The van der Waals surface area contributed by atoms with Gasteiger partial charge < -0.3 is 24.8 Å². The van der Waals surface area contributed by atoms with Crippen LogP contribution < -0.4 is 24.8 Å². The number of aryl methyl sites for hydroxylation is 1. The van der Waals surface area contributed by atoms with Gasteiger partial charge in [0.2, 0.25) is 0 Å². The number of nitrogens with one attached hydrogen (secondary N) is 2. The van der Waals surface area contributed by atoms with Gasteiger partial charge in [0, 0.05) is 10.4 Å². The van der Waals surface area contributed by atoms with Crippen molar-refractivity contribution in [3.05, 3.63) is 81.7 Å². The molecule has 0 unspecified atom stereocenters. The zero-order valence-corrected chi connectivity index (χ0v) is 20.4. The molecule has 2 amide bonds. The molecule has 0 aliphatic carbocycles. The number of methoxy groups -OCH3 is 2. The number of benzene rings is 2. The van der Waals surface area contributed by atoms with E-state index in [1.807, 2.05) is 55.6 Å². The molecule has 0 aliphatic rings. The fourth-order valence-corrected chi connectivity index (χ4v) is 3.70. The van der Waals surface area contributed by atoms with Crippen molar-refractivity contribution in [3.63, 3.8) is 0 Å². The Morgan fingerprint density at radius 3 is 2.41 bits per heavy atom. The van der Waals surface area contributed by atoms with E-state index in [0.717, 1.165) is 16.2 Å². The van der Waals surface area contributed by atoms with Gasteiger partial charge in [0.15, 0.2) is 11.5 Å². The van der Waals surface area contributed by atoms with Gasteiger partial charge in [0.05, 0.1) is 20.3 Å². The monoisotopic (exact) mass is 480 g/mol. The predicted molar refractivity (Wildman–Crippen MR) is 134 cm³/mol. The minimum Gasteiger partial charge on any atom is -0.493 e. The van der Waals surface area contributed by atoms with E-state index in [1.54, 1.807) is 24.3 Å². The van der Waals surface area contributed by atoms with E-state index in [0.29, 0.717) is 17.1 Å². The molecular weight excluding hydrogens is 452 g/mol. The smallest absolute Gasteiger partial charge is 0.268 e. The lowest BCUT2D eigenvalue weighted by Crippen LogP contribution is -2.41. The molecule has 1 atom stereocenters. The van der Waals surface area contributed by atoms with Crippen molar-refractivity contribution in [2.75, 3.05) is 20.8 Å². The van der Waals surface area contributed by atoms with E-state index < -0.39 is 11.8 Å². The molecule has 3 aromatic rings. The van der Waals surface area contributed by atoms with Crippen LogP contribution in [0.4, 0.5) is 0 Å². The Labute approximate surface area is 203 Å². The van der Waals surface area contributed by atoms with E-state index in [2.05, 4.69) is 10.6 Å². The Bertz CT molecular complexity index is 1140. The van der Waals surface area contributed by atoms with Gasteiger partial charge >= 0.3 is 0 Å². The van der Waals surface area contributed by atoms with Gasteiger partial charge in [-0.2, -0.15) is 0 Å². The molecule has 0 radical (unpaired) electrons. The number of amides is 2. The summed E-state index contributed by atoms with van der Waals surface area (Å²) in [6.07, 6.45) is 1.65. The minimum absolute atomic E-state index is 0.129. The van der Waals surface area contributed by atoms with Crippen molar-refractivity contribution in [2.24, 2.45) is 0 Å². The molecule has 0 aliphatic heterocycles. The van der Waals surface area contributed by atoms with Crippen LogP contribution >= 0.6 is 11.3 Å². The van der Waals surface area contributed by atoms with Crippen LogP contribution in [0.1, 0.15) is 27.7 Å². The Balaban J connectivity index is 1.71. The number of thiophene rings is 1. The molecule has 2 N–H and O–H groups in total. The second-order valence-corrected chi connectivity index (χ2v) is 8.58. The Morgan fingerprint density at radius 1 is 1.03 bits per heavy atom. The maximum atomic E-state index is 13.0. The highest BCUT2D eigenvalue weighted by atomic mass is 32.1. The molecule has 178 valence electrons. The summed E-state index contributed by atoms with van der Waals surface area (Å²) in [6.45, 7) is 4.13. The van der Waals surface area contributed by atoms with Crippen LogP contribution in [0.5, 0.6) is 17.2 Å². The average Bonchev–Trinajstić information content (AvgIpc) is 3.36. The summed E-state index contributed by atoms with van der Waals surface area (Å²) in [5.41, 5.74) is 1.60. The predicted octanol–water partition coefficient (Wildman–Crippen LogP) is 4.43. The number of hydrogen-bond donors (Lipinski definition) is 2. The summed E-state index contributed by atoms with van der Waals surface area (Å²) in [5.74, 6) is 0.798. The van der Waals surface area contributed by atoms with Crippen molar-refractivity contribution in [1.82, 2.24) is 10.6 Å². The third kappa shape index (κ3) is 6.86. The van der Waals surface area contributed by atoms with Gasteiger partial charge in [-0.15, -0.1) is 11.3 Å². The van der Waals surface area contributed by atoms with E-state index in [4.69, 9.17) is 14.2 Å². The molecule has 0 spiro atoms. The molecule has 3 rings (SSSR count). The first-order valence-corrected chi connectivity index (χ1v) is 11.6. The Kier molecular flexibility index (Phi) is 8.70. The molecule has 7 nitrogen and oxygen atoms in total. The van der Waals surface area contributed by atoms with E-state index in [1.165, 1.54) is 25.6 Å². The first-order chi connectivity index (χ1) is 16.4. The lowest BCUT2D eigenvalue weighted by Gasteiger charge is -2.17. The standard InChI is InChI=1S/C26H28N2O5S/c1-17-7-10-20(11-8-17)33-16-18(2)27-26(30)22(15-21-6-5-13-34-21)28-25(29)19-9-12-23(31-3)24(14-19)32-4/h5-15,18H,16H2,1-4H3,(H,27,30)(H,28,29)/b22-15-/t18-/m0/s1. The summed E-state index contributed by atoms with van der Waals surface area (Å²) >= 11 is 1.46. The van der Waals surface area contributed by atoms with Crippen molar-refractivity contribution in [3.8, 4) is 17.2 Å². The molecule has 8 heteroatoms. The first kappa shape index (κ1) is 24.9. The molecule has 0 saturated carbocycles. The second kappa shape index (κ2) is 11.9. The van der Waals surface area contributed by atoms with Gasteiger partial charge in [-0.1, -0.05) is 23.8 Å². The molecule has 0 bridgehead atoms. The molecule has 2 aromatic carbocycles. The Morgan fingerprint density at radius 2 is 1.76 bits per heavy atom. The van der Waals surface area contributed by atoms with Crippen LogP contribution in [0.2, 0.25) is 0 Å². The molecule has 1 aromatic heterocycles. The van der Waals surface area contributed by atoms with E-state index >= 15 is 0 Å². The van der Waals surface area contributed by atoms with Gasteiger partial charge in [-0.25, -0.2) is 0 Å². The highest BCUT2D eigenvalue weighted by molar-refractivity contribution is 7.10. The van der Waals surface area contributed by atoms with Crippen LogP contribution in [0.3, 0.4) is 0 Å². The number of rotatable bonds is 10. The average molecular weight is 481 g/mol. The van der Waals surface area contributed by atoms with Gasteiger partial charge in [-0.05, 0) is 61.7 Å². The number of carbonyl (C=O) groups excluding carboxylic acids is 2. The maximum Gasteiger partial charge on any atom is 0.268 e. The third-order valence-electron chi connectivity index (χ3n) is 4.87. The first-order valence-electron chi connectivity index (χ1n) is 10.7. The highest BCUT2D eigenvalue weighted by Gasteiger charge is 2.18. The van der Waals surface area contributed by atoms with Crippen molar-refractivity contribution >= 4 is 29.2 Å². The van der Waals surface area contributed by atoms with Crippen molar-refractivity contribution < 1.29 is 23.8 Å². The molecule has 0 fully saturated rings. The fourth-order valence-electron chi connectivity index (χ4n) is 3.04. The maximum absolute atomic E-state index is 13.0. The van der Waals surface area contributed by atoms with Crippen LogP contribution in [-0.4, -0.2) is 38.7 Å². The van der Waals surface area contributed by atoms with Gasteiger partial charge in [-0.3, -0.25) is 9.59 Å². The largest absolute Gasteiger partial charge is 0.493 e. The number of hydrogen-bond acceptors (Lipinski definition) is 6. The third-order valence-corrected chi connectivity index (χ3v) is 5.69. The van der Waals surface area contributed by atoms with Crippen molar-refractivity contribution in [2.45, 2.75) is 19.9 Å². The normalized spacial score (nSPS) is 11.9. The van der Waals surface area contributed by atoms with Crippen molar-refractivity contribution in [1.29, 1.82) is 0 Å². The SMILES string of the molecule is COc1ccc(C(=O)N/C(=C\c2cccs2)C(=O)N[C@@H](C)COc2ccc(C)cc2)cc1OC. The topological polar surface area (TPSA) is 85.9 Å². The second-order valence-electron chi connectivity index (χ2n) is 7.60. The summed E-state index contributed by atoms with van der Waals surface area (Å²) < 4.78 is 16.3. The quantitative estimate of drug-likeness (QED) is 0.420. The molecule has 1 heterocycles. The number of carbonyl (C=O) groups is 2.